The van der Waals surface area contributed by atoms with Crippen molar-refractivity contribution in [1.29, 1.82) is 0 Å². The molecule has 0 bridgehead atoms. The van der Waals surface area contributed by atoms with Crippen LogP contribution >= 0.6 is 0 Å². The van der Waals surface area contributed by atoms with Crippen LogP contribution in [-0.2, 0) is 14.4 Å². The molecule has 1 rings (SSSR count). The molecule has 1 aromatic rings. The number of carbonyl (C=O) groups excluding carboxylic acids is 3. The minimum Gasteiger partial charge on any atom is -0.391 e. The lowest BCUT2D eigenvalue weighted by atomic mass is 9.97. The van der Waals surface area contributed by atoms with E-state index in [1.807, 2.05) is 6.07 Å². The molecule has 0 fully saturated rings. The van der Waals surface area contributed by atoms with Gasteiger partial charge in [-0.2, -0.15) is 0 Å². The van der Waals surface area contributed by atoms with Gasteiger partial charge in [0.15, 0.2) is 5.78 Å². The zero-order valence-corrected chi connectivity index (χ0v) is 14.4. The predicted octanol–water partition coefficient (Wildman–Crippen LogP) is -1.37. The van der Waals surface area contributed by atoms with Crippen LogP contribution in [0.1, 0.15) is 25.3 Å². The lowest BCUT2D eigenvalue weighted by Crippen LogP contribution is -2.57. The summed E-state index contributed by atoms with van der Waals surface area (Å²) in [5.74, 6) is -2.14. The van der Waals surface area contributed by atoms with Gasteiger partial charge in [-0.25, -0.2) is 0 Å². The number of hydrogen-bond donors (Lipinski definition) is 5. The third-order valence-corrected chi connectivity index (χ3v) is 3.86. The smallest absolute Gasteiger partial charge is 0.245 e. The van der Waals surface area contributed by atoms with Crippen LogP contribution in [0, 0.1) is 0 Å². The number of ketones is 1. The number of carbonyl (C=O) groups is 3. The van der Waals surface area contributed by atoms with Crippen molar-refractivity contribution in [3.8, 4) is 0 Å². The molecule has 0 saturated heterocycles. The molecular formula is C17H26N4O4. The van der Waals surface area contributed by atoms with Gasteiger partial charge in [0.05, 0.1) is 18.1 Å². The maximum atomic E-state index is 12.5. The molecule has 0 aromatic heterocycles. The number of amides is 2. The van der Waals surface area contributed by atoms with Crippen molar-refractivity contribution in [3.05, 3.63) is 35.9 Å². The molecule has 0 aliphatic heterocycles. The molecule has 1 unspecified atom stereocenters. The molecule has 138 valence electrons. The van der Waals surface area contributed by atoms with E-state index in [4.69, 9.17) is 11.5 Å². The highest BCUT2D eigenvalue weighted by molar-refractivity contribution is 5.93. The Morgan fingerprint density at radius 3 is 2.08 bits per heavy atom. The number of hydrogen-bond acceptors (Lipinski definition) is 6. The Morgan fingerprint density at radius 1 is 1.04 bits per heavy atom. The van der Waals surface area contributed by atoms with Gasteiger partial charge in [0.2, 0.25) is 11.8 Å². The second kappa shape index (κ2) is 9.87. The Balaban J connectivity index is 2.87. The summed E-state index contributed by atoms with van der Waals surface area (Å²) < 4.78 is 0. The highest BCUT2D eigenvalue weighted by Gasteiger charge is 2.30. The first kappa shape index (κ1) is 20.8. The molecule has 0 saturated carbocycles. The van der Waals surface area contributed by atoms with Gasteiger partial charge in [-0.05, 0) is 19.4 Å². The van der Waals surface area contributed by atoms with Crippen molar-refractivity contribution < 1.29 is 19.5 Å². The molecule has 0 radical (unpaired) electrons. The second-order valence-electron chi connectivity index (χ2n) is 5.83. The van der Waals surface area contributed by atoms with Crippen LogP contribution in [0.15, 0.2) is 30.3 Å². The molecular weight excluding hydrogens is 324 g/mol. The quantitative estimate of drug-likeness (QED) is 0.371. The normalized spacial score (nSPS) is 15.6. The Bertz CT molecular complexity index is 592. The Labute approximate surface area is 147 Å². The molecule has 7 N–H and O–H groups in total. The zero-order chi connectivity index (χ0) is 19.0. The van der Waals surface area contributed by atoms with E-state index in [0.717, 1.165) is 0 Å². The van der Waals surface area contributed by atoms with E-state index in [9.17, 15) is 19.5 Å². The van der Waals surface area contributed by atoms with Gasteiger partial charge >= 0.3 is 0 Å². The van der Waals surface area contributed by atoms with Crippen molar-refractivity contribution >= 4 is 17.6 Å². The fraction of sp³-hybridized carbons (Fsp3) is 0.471. The lowest BCUT2D eigenvalue weighted by molar-refractivity contribution is -0.133. The second-order valence-corrected chi connectivity index (χ2v) is 5.83. The van der Waals surface area contributed by atoms with Gasteiger partial charge in [-0.15, -0.1) is 0 Å². The van der Waals surface area contributed by atoms with Gasteiger partial charge in [-0.3, -0.25) is 14.4 Å². The summed E-state index contributed by atoms with van der Waals surface area (Å²) in [5.41, 5.74) is 11.8. The first-order valence-corrected chi connectivity index (χ1v) is 8.06. The maximum absolute atomic E-state index is 12.5. The number of Topliss-reactive ketones (excluding diaryl/α,β-unsaturated/α-hetero) is 1. The standard InChI is InChI=1S/C17H26N4O4/c1-10(22)14(9-19)20-17(25)15(11(2)23)21-16(24)13(8-18)12-6-4-3-5-7-12/h3-7,11,13-15,23H,8-9,18-19H2,1-2H3,(H,20,25)(H,21,24)/t11-,13?,14-,15-/m0/s1. The van der Waals surface area contributed by atoms with Crippen molar-refractivity contribution in [2.75, 3.05) is 13.1 Å². The number of nitrogens with one attached hydrogen (secondary N) is 2. The van der Waals surface area contributed by atoms with Crippen molar-refractivity contribution in [2.24, 2.45) is 11.5 Å². The van der Waals surface area contributed by atoms with Gasteiger partial charge < -0.3 is 27.2 Å². The number of benzene rings is 1. The summed E-state index contributed by atoms with van der Waals surface area (Å²) in [7, 11) is 0. The van der Waals surface area contributed by atoms with Crippen LogP contribution < -0.4 is 22.1 Å². The van der Waals surface area contributed by atoms with Crippen LogP contribution in [0.2, 0.25) is 0 Å². The van der Waals surface area contributed by atoms with Crippen LogP contribution in [0.5, 0.6) is 0 Å². The maximum Gasteiger partial charge on any atom is 0.245 e. The Kier molecular flexibility index (Phi) is 8.20. The van der Waals surface area contributed by atoms with Gasteiger partial charge in [0.25, 0.3) is 0 Å². The van der Waals surface area contributed by atoms with E-state index >= 15 is 0 Å². The molecule has 0 heterocycles. The molecule has 1 aromatic carbocycles. The summed E-state index contributed by atoms with van der Waals surface area (Å²) in [6.45, 7) is 2.64. The molecule has 0 aliphatic rings. The fourth-order valence-electron chi connectivity index (χ4n) is 2.33. The fourth-order valence-corrected chi connectivity index (χ4v) is 2.33. The van der Waals surface area contributed by atoms with E-state index in [-0.39, 0.29) is 18.9 Å². The monoisotopic (exact) mass is 350 g/mol. The van der Waals surface area contributed by atoms with E-state index < -0.39 is 35.9 Å². The number of aliphatic hydroxyl groups excluding tert-OH is 1. The topological polar surface area (TPSA) is 148 Å². The van der Waals surface area contributed by atoms with Crippen molar-refractivity contribution in [3.63, 3.8) is 0 Å². The van der Waals surface area contributed by atoms with Gasteiger partial charge in [0.1, 0.15) is 6.04 Å². The van der Waals surface area contributed by atoms with Crippen LogP contribution in [0.25, 0.3) is 0 Å². The molecule has 0 spiro atoms. The lowest BCUT2D eigenvalue weighted by Gasteiger charge is -2.25. The minimum absolute atomic E-state index is 0.0445. The third kappa shape index (κ3) is 5.93. The minimum atomic E-state index is -1.22. The van der Waals surface area contributed by atoms with Gasteiger partial charge in [0, 0.05) is 13.1 Å². The molecule has 25 heavy (non-hydrogen) atoms. The van der Waals surface area contributed by atoms with E-state index in [1.165, 1.54) is 13.8 Å². The Morgan fingerprint density at radius 2 is 1.64 bits per heavy atom. The summed E-state index contributed by atoms with van der Waals surface area (Å²) in [6.07, 6.45) is -1.16. The predicted molar refractivity (Wildman–Crippen MR) is 93.5 cm³/mol. The highest BCUT2D eigenvalue weighted by atomic mass is 16.3. The number of aliphatic hydroxyl groups is 1. The summed E-state index contributed by atoms with van der Waals surface area (Å²) >= 11 is 0. The largest absolute Gasteiger partial charge is 0.391 e. The van der Waals surface area contributed by atoms with Crippen LogP contribution in [0.4, 0.5) is 0 Å². The number of nitrogens with two attached hydrogens (primary N) is 2. The highest BCUT2D eigenvalue weighted by Crippen LogP contribution is 2.14. The first-order chi connectivity index (χ1) is 11.8. The van der Waals surface area contributed by atoms with Crippen LogP contribution in [-0.4, -0.2) is 54.0 Å². The summed E-state index contributed by atoms with van der Waals surface area (Å²) in [4.78, 5) is 36.2. The number of rotatable bonds is 9. The summed E-state index contributed by atoms with van der Waals surface area (Å²) in [5, 5.41) is 14.8. The molecule has 8 heteroatoms. The SMILES string of the molecule is CC(=O)[C@H](CN)NC(=O)[C@@H](NC(=O)C(CN)c1ccccc1)[C@H](C)O. The molecule has 8 nitrogen and oxygen atoms in total. The first-order valence-electron chi connectivity index (χ1n) is 8.06. The average Bonchev–Trinajstić information content (AvgIpc) is 2.58. The summed E-state index contributed by atoms with van der Waals surface area (Å²) in [6, 6.07) is 6.80. The third-order valence-electron chi connectivity index (χ3n) is 3.86. The van der Waals surface area contributed by atoms with E-state index in [0.29, 0.717) is 5.56 Å². The van der Waals surface area contributed by atoms with Gasteiger partial charge in [-0.1, -0.05) is 30.3 Å². The molecule has 2 amide bonds. The van der Waals surface area contributed by atoms with Crippen LogP contribution in [0.3, 0.4) is 0 Å². The van der Waals surface area contributed by atoms with Crippen molar-refractivity contribution in [2.45, 2.75) is 38.0 Å². The zero-order valence-electron chi connectivity index (χ0n) is 14.4. The van der Waals surface area contributed by atoms with Crippen molar-refractivity contribution in [1.82, 2.24) is 10.6 Å². The van der Waals surface area contributed by atoms with E-state index in [2.05, 4.69) is 10.6 Å². The molecule has 0 aliphatic carbocycles. The van der Waals surface area contributed by atoms with E-state index in [1.54, 1.807) is 24.3 Å². The Hall–Kier alpha value is -2.29. The average molecular weight is 350 g/mol. The molecule has 4 atom stereocenters.